The zero-order chi connectivity index (χ0) is 68.8. The lowest BCUT2D eigenvalue weighted by atomic mass is 10.0. The van der Waals surface area contributed by atoms with Gasteiger partial charge in [-0.05, 0) is 84.1 Å². The highest BCUT2D eigenvalue weighted by atomic mass is 16.5. The summed E-state index contributed by atoms with van der Waals surface area (Å²) >= 11 is 0. The van der Waals surface area contributed by atoms with Crippen LogP contribution in [0.15, 0.2) is 78.9 Å². The van der Waals surface area contributed by atoms with Crippen molar-refractivity contribution in [2.24, 2.45) is 0 Å². The number of rotatable bonds is 5. The smallest absolute Gasteiger partial charge is 0.177 e. The number of hydrogen-bond donors (Lipinski definition) is 0. The Labute approximate surface area is 554 Å². The summed E-state index contributed by atoms with van der Waals surface area (Å²) in [4.78, 5) is 42.6. The molecule has 0 aliphatic heterocycles. The van der Waals surface area contributed by atoms with Crippen LogP contribution in [-0.4, -0.2) is 85.4 Å². The average Bonchev–Trinajstić information content (AvgIpc) is 1.63. The van der Waals surface area contributed by atoms with Crippen LogP contribution in [0.5, 0.6) is 28.7 Å². The summed E-state index contributed by atoms with van der Waals surface area (Å²) in [6.07, 6.45) is 3.04. The van der Waals surface area contributed by atoms with Crippen molar-refractivity contribution in [3.63, 3.8) is 0 Å². The Bertz CT molecular complexity index is 5450. The molecule has 5 aromatic carbocycles. The first-order valence-corrected chi connectivity index (χ1v) is 29.1. The molecule has 0 saturated heterocycles. The van der Waals surface area contributed by atoms with Crippen LogP contribution in [0.4, 0.5) is 0 Å². The average molecular weight is 1270 g/mol. The predicted molar refractivity (Wildman–Crippen MR) is 341 cm³/mol. The van der Waals surface area contributed by atoms with Crippen molar-refractivity contribution in [3.8, 4) is 146 Å². The zero-order valence-electron chi connectivity index (χ0n) is 52.5. The lowest BCUT2D eigenvalue weighted by Crippen LogP contribution is -1.99. The molecular formula is C72H44N20O5. The normalized spacial score (nSPS) is 11.1. The van der Waals surface area contributed by atoms with Gasteiger partial charge in [-0.25, -0.2) is 49.8 Å². The van der Waals surface area contributed by atoms with Crippen molar-refractivity contribution in [3.05, 3.63) is 203 Å². The van der Waals surface area contributed by atoms with Crippen LogP contribution < -0.4 is 23.7 Å². The van der Waals surface area contributed by atoms with Crippen molar-refractivity contribution in [2.45, 2.75) is 46.0 Å². The van der Waals surface area contributed by atoms with Gasteiger partial charge in [-0.3, -0.25) is 0 Å². The molecule has 0 fully saturated rings. The molecule has 5 aromatic heterocycles. The third kappa shape index (κ3) is 11.8. The molecule has 0 bridgehead atoms. The largest absolute Gasteiger partial charge is 0.497 e. The fraction of sp³-hybridized carbons (Fsp3) is 0.167. The van der Waals surface area contributed by atoms with Gasteiger partial charge in [0.25, 0.3) is 0 Å². The lowest BCUT2D eigenvalue weighted by molar-refractivity contribution is 0.352. The SMILES string of the molecule is COc1cc2c(cc1OC)-c1nc(C#N)c(C#N)nc1C2.COc1ccc2c(c1)-c1nc(C#N)c(C#N)nc1C2.COc1ccc2c(c1OC)Cc1nc(C#N)c(C#N)nc1-2.Cc1ccc2c(c1)-c1nc(C#N)c(C#N)nc1C2.Cc1cccc2c1Cc1nc(C#N)c(C#N)nc1-2. The van der Waals surface area contributed by atoms with Crippen LogP contribution in [0, 0.1) is 127 Å². The van der Waals surface area contributed by atoms with Crippen LogP contribution >= 0.6 is 0 Å². The van der Waals surface area contributed by atoms with E-state index in [1.807, 2.05) is 147 Å². The number of nitrogens with zero attached hydrogens (tertiary/aromatic N) is 20. The van der Waals surface area contributed by atoms with Gasteiger partial charge >= 0.3 is 0 Å². The fourth-order valence-corrected chi connectivity index (χ4v) is 11.7. The van der Waals surface area contributed by atoms with Gasteiger partial charge < -0.3 is 23.7 Å². The summed E-state index contributed by atoms with van der Waals surface area (Å²) in [5.74, 6) is 3.21. The Morgan fingerprint density at radius 1 is 0.299 bits per heavy atom. The van der Waals surface area contributed by atoms with Crippen LogP contribution in [0.25, 0.3) is 56.3 Å². The summed E-state index contributed by atoms with van der Waals surface area (Å²) in [5, 5.41) is 90.0. The highest BCUT2D eigenvalue weighted by molar-refractivity contribution is 5.80. The molecule has 5 aliphatic carbocycles. The van der Waals surface area contributed by atoms with Gasteiger partial charge in [-0.2, -0.15) is 52.6 Å². The second-order valence-electron chi connectivity index (χ2n) is 21.6. The number of aryl methyl sites for hydroxylation is 2. The van der Waals surface area contributed by atoms with E-state index in [1.165, 1.54) is 11.1 Å². The number of hydrogen-bond acceptors (Lipinski definition) is 25. The van der Waals surface area contributed by atoms with Crippen LogP contribution in [-0.2, 0) is 32.1 Å². The topological polar surface area (TPSA) is 413 Å². The third-order valence-electron chi connectivity index (χ3n) is 16.2. The first-order chi connectivity index (χ1) is 47.2. The quantitative estimate of drug-likeness (QED) is 0.155. The van der Waals surface area contributed by atoms with Crippen molar-refractivity contribution in [1.82, 2.24) is 49.8 Å². The lowest BCUT2D eigenvalue weighted by Gasteiger charge is -2.11. The second kappa shape index (κ2) is 27.1. The van der Waals surface area contributed by atoms with E-state index in [0.29, 0.717) is 83.6 Å². The van der Waals surface area contributed by atoms with E-state index in [2.05, 4.69) is 49.8 Å². The van der Waals surface area contributed by atoms with Gasteiger partial charge in [-0.15, -0.1) is 0 Å². The van der Waals surface area contributed by atoms with E-state index < -0.39 is 0 Å². The second-order valence-corrected chi connectivity index (χ2v) is 21.6. The van der Waals surface area contributed by atoms with E-state index in [9.17, 15) is 0 Å². The minimum absolute atomic E-state index is 0.0406. The van der Waals surface area contributed by atoms with E-state index in [4.69, 9.17) is 76.3 Å². The summed E-state index contributed by atoms with van der Waals surface area (Å²) in [6.45, 7) is 4.06. The summed E-state index contributed by atoms with van der Waals surface area (Å²) < 4.78 is 26.4. The van der Waals surface area contributed by atoms with Crippen molar-refractivity contribution in [1.29, 1.82) is 52.6 Å². The molecule has 0 unspecified atom stereocenters. The first-order valence-electron chi connectivity index (χ1n) is 29.1. The van der Waals surface area contributed by atoms with Crippen molar-refractivity contribution >= 4 is 0 Å². The van der Waals surface area contributed by atoms with Crippen molar-refractivity contribution < 1.29 is 23.7 Å². The predicted octanol–water partition coefficient (Wildman–Crippen LogP) is 9.62. The number of aromatic nitrogens is 10. The number of fused-ring (bicyclic) bond motifs is 15. The number of benzene rings is 5. The number of nitriles is 10. The minimum atomic E-state index is 0.0406. The maximum absolute atomic E-state index is 9.06. The van der Waals surface area contributed by atoms with Gasteiger partial charge in [-0.1, -0.05) is 42.0 Å². The summed E-state index contributed by atoms with van der Waals surface area (Å²) in [6, 6.07) is 44.3. The van der Waals surface area contributed by atoms with Gasteiger partial charge in [0.05, 0.1) is 92.5 Å². The fourth-order valence-electron chi connectivity index (χ4n) is 11.7. The molecule has 0 saturated carbocycles. The van der Waals surface area contributed by atoms with Crippen LogP contribution in [0.2, 0.25) is 0 Å². The van der Waals surface area contributed by atoms with E-state index in [-0.39, 0.29) is 56.9 Å². The van der Waals surface area contributed by atoms with Gasteiger partial charge in [0.15, 0.2) is 79.9 Å². The first kappa shape index (κ1) is 63.9. The Hall–Kier alpha value is -14.6. The van der Waals surface area contributed by atoms with Crippen LogP contribution in [0.1, 0.15) is 124 Å². The van der Waals surface area contributed by atoms with Crippen LogP contribution in [0.3, 0.4) is 0 Å². The molecule has 0 spiro atoms. The summed E-state index contributed by atoms with van der Waals surface area (Å²) in [7, 11) is 7.88. The van der Waals surface area contributed by atoms with E-state index in [0.717, 1.165) is 89.9 Å². The Morgan fingerprint density at radius 3 is 1.08 bits per heavy atom. The molecule has 15 rings (SSSR count). The number of methoxy groups -OCH3 is 5. The van der Waals surface area contributed by atoms with Gasteiger partial charge in [0.2, 0.25) is 0 Å². The van der Waals surface area contributed by atoms with Gasteiger partial charge in [0, 0.05) is 65.5 Å². The monoisotopic (exact) mass is 1270 g/mol. The molecule has 25 heteroatoms. The maximum Gasteiger partial charge on any atom is 0.177 e. The summed E-state index contributed by atoms with van der Waals surface area (Å²) in [5.41, 5.74) is 20.2. The van der Waals surface area contributed by atoms with E-state index in [1.54, 1.807) is 41.6 Å². The third-order valence-corrected chi connectivity index (χ3v) is 16.2. The molecule has 5 aliphatic rings. The highest BCUT2D eigenvalue weighted by Crippen LogP contribution is 2.46. The Morgan fingerprint density at radius 2 is 0.660 bits per heavy atom. The molecule has 10 aromatic rings. The molecule has 0 N–H and O–H groups in total. The van der Waals surface area contributed by atoms with E-state index >= 15 is 0 Å². The molecule has 5 heterocycles. The van der Waals surface area contributed by atoms with Crippen molar-refractivity contribution in [2.75, 3.05) is 35.5 Å². The molecule has 25 nitrogen and oxygen atoms in total. The standard InChI is InChI=1S/2C15H10N4O2.C14H8N4O.2C14H8N4/c1-20-13-4-8-3-10-15(9(8)5-14(13)21-2)19-12(7-17)11(6-16)18-10;1-20-13-4-3-8-9(15(13)21-2)5-10-14(8)19-12(7-17)11(6-16)18-10;1-19-9-3-2-8-4-11-14(10(8)5-9)18-13(7-16)12(6-15)17-11;1-8-2-3-9-5-11-14(10(9)4-8)18-13(7-16)12(6-15)17-11;1-8-3-2-4-9-10(8)5-11-14(9)18-13(7-16)12(6-15)17-11/h4-5H,3H2,1-2H3;3-4H,5H2,1-2H3;2-3,5H,4H2,1H3;2*2-4H,5H2,1H3. The Balaban J connectivity index is 0.000000123. The molecule has 0 radical (unpaired) electrons. The molecule has 97 heavy (non-hydrogen) atoms. The highest BCUT2D eigenvalue weighted by Gasteiger charge is 2.31. The maximum atomic E-state index is 9.06. The molecule has 0 amide bonds. The minimum Gasteiger partial charge on any atom is -0.497 e. The van der Waals surface area contributed by atoms with Gasteiger partial charge in [0.1, 0.15) is 66.4 Å². The number of ether oxygens (including phenoxy) is 5. The zero-order valence-corrected chi connectivity index (χ0v) is 52.5. The Kier molecular flexibility index (Phi) is 17.9. The molecule has 0 atom stereocenters. The molecular weight excluding hydrogens is 1220 g/mol. The molecule has 462 valence electrons.